The van der Waals surface area contributed by atoms with Crippen LogP contribution in [0, 0.1) is 11.3 Å². The number of halogens is 1. The average molecular weight is 487 g/mol. The van der Waals surface area contributed by atoms with E-state index in [1.165, 1.54) is 5.56 Å². The Bertz CT molecular complexity index is 862. The first-order valence-electron chi connectivity index (χ1n) is 9.59. The highest BCUT2D eigenvalue weighted by atomic mass is 127. The van der Waals surface area contributed by atoms with E-state index in [4.69, 9.17) is 5.26 Å². The van der Waals surface area contributed by atoms with Crippen LogP contribution in [-0.2, 0) is 6.54 Å². The number of hydrogen-bond donors (Lipinski definition) is 0. The number of nitrogens with zero attached hydrogens (tertiary/aromatic N) is 3. The summed E-state index contributed by atoms with van der Waals surface area (Å²) < 4.78 is 0.155. The van der Waals surface area contributed by atoms with Crippen molar-refractivity contribution in [3.05, 3.63) is 59.7 Å². The lowest BCUT2D eigenvalue weighted by atomic mass is 9.93. The molecule has 1 saturated heterocycles. The zero-order valence-corrected chi connectivity index (χ0v) is 18.6. The summed E-state index contributed by atoms with van der Waals surface area (Å²) in [6.07, 6.45) is 2.79. The third-order valence-corrected chi connectivity index (χ3v) is 6.82. The van der Waals surface area contributed by atoms with Crippen LogP contribution in [-0.4, -0.2) is 46.3 Å². The standard InChI is InChI=1S/C23H26IN3O/c1-26(2)22(28)21-5-3-4-20(16-21)19-8-6-18(7-9-19)17-27-14-11-23(24,10-13-25)12-15-27/h3-9,16H,10-12,14-15,17H2,1-2H3. The lowest BCUT2D eigenvalue weighted by molar-refractivity contribution is 0.0827. The molecule has 146 valence electrons. The smallest absolute Gasteiger partial charge is 0.253 e. The van der Waals surface area contributed by atoms with Crippen molar-refractivity contribution >= 4 is 28.5 Å². The zero-order chi connectivity index (χ0) is 20.1. The van der Waals surface area contributed by atoms with E-state index < -0.39 is 0 Å². The van der Waals surface area contributed by atoms with Crippen molar-refractivity contribution < 1.29 is 4.79 Å². The van der Waals surface area contributed by atoms with E-state index in [0.717, 1.165) is 43.6 Å². The predicted octanol–water partition coefficient (Wildman–Crippen LogP) is 4.74. The van der Waals surface area contributed by atoms with E-state index in [1.807, 2.05) is 24.3 Å². The fraction of sp³-hybridized carbons (Fsp3) is 0.391. The summed E-state index contributed by atoms with van der Waals surface area (Å²) in [5, 5.41) is 8.99. The molecule has 0 bridgehead atoms. The molecule has 0 radical (unpaired) electrons. The highest BCUT2D eigenvalue weighted by Gasteiger charge is 2.31. The van der Waals surface area contributed by atoms with Gasteiger partial charge in [-0.3, -0.25) is 9.69 Å². The number of benzene rings is 2. The van der Waals surface area contributed by atoms with Gasteiger partial charge in [0.25, 0.3) is 5.91 Å². The normalized spacial score (nSPS) is 16.4. The third kappa shape index (κ3) is 5.12. The Hall–Kier alpha value is -1.91. The van der Waals surface area contributed by atoms with Crippen LogP contribution in [0.1, 0.15) is 35.2 Å². The minimum Gasteiger partial charge on any atom is -0.345 e. The van der Waals surface area contributed by atoms with Crippen molar-refractivity contribution in [1.82, 2.24) is 9.80 Å². The van der Waals surface area contributed by atoms with Gasteiger partial charge in [0, 0.05) is 36.0 Å². The van der Waals surface area contributed by atoms with Gasteiger partial charge in [-0.1, -0.05) is 59.0 Å². The van der Waals surface area contributed by atoms with Crippen LogP contribution in [0.2, 0.25) is 0 Å². The molecule has 1 heterocycles. The molecule has 0 aromatic heterocycles. The molecule has 1 fully saturated rings. The fourth-order valence-electron chi connectivity index (χ4n) is 3.58. The monoisotopic (exact) mass is 487 g/mol. The second-order valence-corrected chi connectivity index (χ2v) is 10.0. The van der Waals surface area contributed by atoms with E-state index in [2.05, 4.69) is 57.8 Å². The molecule has 1 aliphatic rings. The van der Waals surface area contributed by atoms with E-state index >= 15 is 0 Å². The largest absolute Gasteiger partial charge is 0.345 e. The number of hydrogen-bond acceptors (Lipinski definition) is 3. The molecule has 2 aromatic rings. The maximum absolute atomic E-state index is 12.2. The first-order chi connectivity index (χ1) is 13.4. The molecule has 0 aliphatic carbocycles. The molecule has 28 heavy (non-hydrogen) atoms. The molecule has 1 aliphatic heterocycles. The van der Waals surface area contributed by atoms with Crippen molar-refractivity contribution in [3.63, 3.8) is 0 Å². The molecule has 0 atom stereocenters. The van der Waals surface area contributed by atoms with Crippen LogP contribution in [0.3, 0.4) is 0 Å². The first kappa shape index (κ1) is 20.8. The number of likely N-dealkylation sites (tertiary alicyclic amines) is 1. The van der Waals surface area contributed by atoms with Gasteiger partial charge in [-0.05, 0) is 54.8 Å². The van der Waals surface area contributed by atoms with E-state index in [9.17, 15) is 4.79 Å². The number of amides is 1. The number of alkyl halides is 1. The lowest BCUT2D eigenvalue weighted by Crippen LogP contribution is -2.40. The molecule has 0 saturated carbocycles. The summed E-state index contributed by atoms with van der Waals surface area (Å²) in [4.78, 5) is 16.3. The van der Waals surface area contributed by atoms with Crippen molar-refractivity contribution in [3.8, 4) is 17.2 Å². The van der Waals surface area contributed by atoms with Crippen LogP contribution in [0.25, 0.3) is 11.1 Å². The van der Waals surface area contributed by atoms with Crippen LogP contribution in [0.5, 0.6) is 0 Å². The molecule has 3 rings (SSSR count). The van der Waals surface area contributed by atoms with Gasteiger partial charge >= 0.3 is 0 Å². The number of rotatable bonds is 5. The number of carbonyl (C=O) groups is 1. The van der Waals surface area contributed by atoms with Gasteiger partial charge in [0.15, 0.2) is 0 Å². The predicted molar refractivity (Wildman–Crippen MR) is 121 cm³/mol. The van der Waals surface area contributed by atoms with Gasteiger partial charge in [0.05, 0.1) is 6.07 Å². The van der Waals surface area contributed by atoms with E-state index in [-0.39, 0.29) is 9.33 Å². The fourth-order valence-corrected chi connectivity index (χ4v) is 4.23. The van der Waals surface area contributed by atoms with Crippen LogP contribution >= 0.6 is 22.6 Å². The number of piperidine rings is 1. The van der Waals surface area contributed by atoms with E-state index in [0.29, 0.717) is 12.0 Å². The van der Waals surface area contributed by atoms with Crippen LogP contribution < -0.4 is 0 Å². The van der Waals surface area contributed by atoms with Crippen molar-refractivity contribution in [1.29, 1.82) is 5.26 Å². The van der Waals surface area contributed by atoms with Gasteiger partial charge in [0.2, 0.25) is 0 Å². The van der Waals surface area contributed by atoms with Crippen molar-refractivity contribution in [2.45, 2.75) is 29.2 Å². The number of nitriles is 1. The molecule has 1 amide bonds. The van der Waals surface area contributed by atoms with Gasteiger partial charge in [-0.2, -0.15) is 5.26 Å². The minimum atomic E-state index is 0.0197. The minimum absolute atomic E-state index is 0.0197. The van der Waals surface area contributed by atoms with E-state index in [1.54, 1.807) is 19.0 Å². The Labute approximate surface area is 181 Å². The first-order valence-corrected chi connectivity index (χ1v) is 10.7. The number of carbonyl (C=O) groups excluding carboxylic acids is 1. The Morgan fingerprint density at radius 2 is 1.82 bits per heavy atom. The Kier molecular flexibility index (Phi) is 6.73. The lowest BCUT2D eigenvalue weighted by Gasteiger charge is -2.36. The van der Waals surface area contributed by atoms with Gasteiger partial charge in [0.1, 0.15) is 0 Å². The maximum Gasteiger partial charge on any atom is 0.253 e. The summed E-state index contributed by atoms with van der Waals surface area (Å²) in [7, 11) is 3.54. The van der Waals surface area contributed by atoms with Gasteiger partial charge in [-0.25, -0.2) is 0 Å². The van der Waals surface area contributed by atoms with Crippen LogP contribution in [0.4, 0.5) is 0 Å². The summed E-state index contributed by atoms with van der Waals surface area (Å²) in [6, 6.07) is 18.7. The SMILES string of the molecule is CN(C)C(=O)c1cccc(-c2ccc(CN3CCC(I)(CC#N)CC3)cc2)c1. The Morgan fingerprint density at radius 1 is 1.14 bits per heavy atom. The van der Waals surface area contributed by atoms with Crippen molar-refractivity contribution in [2.24, 2.45) is 0 Å². The molecule has 4 nitrogen and oxygen atoms in total. The zero-order valence-electron chi connectivity index (χ0n) is 16.5. The second-order valence-electron chi connectivity index (χ2n) is 7.74. The average Bonchev–Trinajstić information content (AvgIpc) is 2.70. The molecule has 2 aromatic carbocycles. The van der Waals surface area contributed by atoms with Gasteiger partial charge < -0.3 is 4.90 Å². The van der Waals surface area contributed by atoms with Crippen molar-refractivity contribution in [2.75, 3.05) is 27.2 Å². The molecule has 0 spiro atoms. The highest BCUT2D eigenvalue weighted by Crippen LogP contribution is 2.35. The van der Waals surface area contributed by atoms with Gasteiger partial charge in [-0.15, -0.1) is 0 Å². The molecule has 0 N–H and O–H groups in total. The summed E-state index contributed by atoms with van der Waals surface area (Å²) in [5.74, 6) is 0.0197. The summed E-state index contributed by atoms with van der Waals surface area (Å²) in [6.45, 7) is 3.03. The molecule has 0 unspecified atom stereocenters. The Morgan fingerprint density at radius 3 is 2.43 bits per heavy atom. The highest BCUT2D eigenvalue weighted by molar-refractivity contribution is 14.1. The van der Waals surface area contributed by atoms with Crippen LogP contribution in [0.15, 0.2) is 48.5 Å². The molecule has 5 heteroatoms. The molecular weight excluding hydrogens is 461 g/mol. The summed E-state index contributed by atoms with van der Waals surface area (Å²) >= 11 is 2.48. The third-order valence-electron chi connectivity index (χ3n) is 5.36. The molecular formula is C23H26IN3O. The second kappa shape index (κ2) is 9.06. The maximum atomic E-state index is 12.2. The summed E-state index contributed by atoms with van der Waals surface area (Å²) in [5.41, 5.74) is 4.18. The Balaban J connectivity index is 1.64. The topological polar surface area (TPSA) is 47.3 Å². The quantitative estimate of drug-likeness (QED) is 0.452.